The van der Waals surface area contributed by atoms with E-state index < -0.39 is 0 Å². The number of hydrogen-bond acceptors (Lipinski definition) is 3. The molecule has 58 valence electrons. The van der Waals surface area contributed by atoms with Gasteiger partial charge in [-0.1, -0.05) is 0 Å². The van der Waals surface area contributed by atoms with Crippen LogP contribution in [0.25, 0.3) is 0 Å². The van der Waals surface area contributed by atoms with E-state index in [0.29, 0.717) is 6.54 Å². The van der Waals surface area contributed by atoms with Crippen LogP contribution in [-0.4, -0.2) is 12.6 Å². The van der Waals surface area contributed by atoms with E-state index in [1.807, 2.05) is 6.92 Å². The first-order valence-corrected chi connectivity index (χ1v) is 3.57. The lowest BCUT2D eigenvalue weighted by Gasteiger charge is -2.11. The van der Waals surface area contributed by atoms with Gasteiger partial charge in [0, 0.05) is 6.04 Å². The van der Waals surface area contributed by atoms with Crippen molar-refractivity contribution < 1.29 is 0 Å². The van der Waals surface area contributed by atoms with Crippen molar-refractivity contribution in [3.63, 3.8) is 0 Å². The third kappa shape index (κ3) is 3.44. The van der Waals surface area contributed by atoms with E-state index in [2.05, 4.69) is 6.07 Å². The van der Waals surface area contributed by atoms with E-state index in [1.54, 1.807) is 0 Å². The van der Waals surface area contributed by atoms with Crippen molar-refractivity contribution in [2.45, 2.75) is 25.8 Å². The van der Waals surface area contributed by atoms with E-state index in [9.17, 15) is 0 Å². The Hall–Kier alpha value is -0.590. The van der Waals surface area contributed by atoms with Crippen molar-refractivity contribution >= 4 is 0 Å². The first kappa shape index (κ1) is 9.41. The minimum Gasteiger partial charge on any atom is -0.330 e. The van der Waals surface area contributed by atoms with Gasteiger partial charge in [0.15, 0.2) is 0 Å². The van der Waals surface area contributed by atoms with Gasteiger partial charge < -0.3 is 11.5 Å². The topological polar surface area (TPSA) is 75.8 Å². The predicted molar refractivity (Wildman–Crippen MR) is 41.0 cm³/mol. The highest BCUT2D eigenvalue weighted by Gasteiger charge is 2.09. The van der Waals surface area contributed by atoms with Crippen LogP contribution in [0.5, 0.6) is 0 Å². The lowest BCUT2D eigenvalue weighted by Crippen LogP contribution is -2.27. The lowest BCUT2D eigenvalue weighted by molar-refractivity contribution is 0.499. The van der Waals surface area contributed by atoms with Crippen LogP contribution < -0.4 is 11.5 Å². The number of hydrogen-bond donors (Lipinski definition) is 2. The first-order valence-electron chi connectivity index (χ1n) is 3.57. The maximum absolute atomic E-state index is 8.44. The second kappa shape index (κ2) is 5.21. The van der Waals surface area contributed by atoms with Crippen LogP contribution >= 0.6 is 0 Å². The maximum Gasteiger partial charge on any atom is 0.0669 e. The molecule has 0 radical (unpaired) electrons. The molecule has 0 saturated carbocycles. The Balaban J connectivity index is 3.43. The van der Waals surface area contributed by atoms with Crippen molar-refractivity contribution in [1.82, 2.24) is 0 Å². The molecule has 0 spiro atoms. The van der Waals surface area contributed by atoms with Crippen molar-refractivity contribution in [3.8, 4) is 6.07 Å². The normalized spacial score (nSPS) is 15.8. The molecule has 0 aromatic carbocycles. The van der Waals surface area contributed by atoms with Crippen LogP contribution in [0.1, 0.15) is 19.8 Å². The number of nitrogens with two attached hydrogens (primary N) is 2. The largest absolute Gasteiger partial charge is 0.330 e. The number of rotatable bonds is 4. The Kier molecular flexibility index (Phi) is 4.91. The van der Waals surface area contributed by atoms with E-state index in [-0.39, 0.29) is 12.0 Å². The lowest BCUT2D eigenvalue weighted by atomic mass is 10.0. The zero-order chi connectivity index (χ0) is 7.98. The minimum absolute atomic E-state index is 0.00597. The molecular weight excluding hydrogens is 126 g/mol. The summed E-state index contributed by atoms with van der Waals surface area (Å²) >= 11 is 0. The van der Waals surface area contributed by atoms with E-state index >= 15 is 0 Å². The molecule has 0 amide bonds. The molecule has 3 nitrogen and oxygen atoms in total. The van der Waals surface area contributed by atoms with Crippen molar-refractivity contribution in [2.75, 3.05) is 6.54 Å². The van der Waals surface area contributed by atoms with E-state index in [0.717, 1.165) is 12.8 Å². The van der Waals surface area contributed by atoms with Gasteiger partial charge in [0.1, 0.15) is 0 Å². The van der Waals surface area contributed by atoms with Gasteiger partial charge in [-0.05, 0) is 26.3 Å². The second-order valence-electron chi connectivity index (χ2n) is 2.51. The van der Waals surface area contributed by atoms with Crippen LogP contribution in [0.15, 0.2) is 0 Å². The second-order valence-corrected chi connectivity index (χ2v) is 2.51. The number of nitriles is 1. The molecule has 0 aliphatic heterocycles. The highest BCUT2D eigenvalue weighted by molar-refractivity contribution is 4.86. The smallest absolute Gasteiger partial charge is 0.0669 e. The molecule has 2 atom stereocenters. The average molecular weight is 141 g/mol. The van der Waals surface area contributed by atoms with Crippen LogP contribution in [0.4, 0.5) is 0 Å². The highest BCUT2D eigenvalue weighted by atomic mass is 14.6. The van der Waals surface area contributed by atoms with Gasteiger partial charge in [0.05, 0.1) is 12.0 Å². The summed E-state index contributed by atoms with van der Waals surface area (Å²) in [5.41, 5.74) is 10.9. The fourth-order valence-electron chi connectivity index (χ4n) is 0.699. The van der Waals surface area contributed by atoms with Crippen LogP contribution in [-0.2, 0) is 0 Å². The van der Waals surface area contributed by atoms with Crippen LogP contribution in [0.2, 0.25) is 0 Å². The molecule has 3 heteroatoms. The fourth-order valence-corrected chi connectivity index (χ4v) is 0.699. The van der Waals surface area contributed by atoms with Gasteiger partial charge in [-0.15, -0.1) is 0 Å². The summed E-state index contributed by atoms with van der Waals surface area (Å²) in [5.74, 6) is -0.0495. The first-order chi connectivity index (χ1) is 4.72. The van der Waals surface area contributed by atoms with Crippen LogP contribution in [0, 0.1) is 17.2 Å². The summed E-state index contributed by atoms with van der Waals surface area (Å²) < 4.78 is 0. The minimum atomic E-state index is -0.0495. The molecule has 0 aliphatic carbocycles. The van der Waals surface area contributed by atoms with Gasteiger partial charge >= 0.3 is 0 Å². The van der Waals surface area contributed by atoms with Gasteiger partial charge in [0.25, 0.3) is 0 Å². The standard InChI is InChI=1S/C7H15N3/c1-6(5-9)7(10)3-2-4-8/h6-7H,2-4,8,10H2,1H3. The molecule has 2 unspecified atom stereocenters. The number of nitrogens with zero attached hydrogens (tertiary/aromatic N) is 1. The molecule has 0 saturated heterocycles. The van der Waals surface area contributed by atoms with Crippen molar-refractivity contribution in [2.24, 2.45) is 17.4 Å². The van der Waals surface area contributed by atoms with Gasteiger partial charge in [-0.25, -0.2) is 0 Å². The third-order valence-electron chi connectivity index (χ3n) is 1.59. The Morgan fingerprint density at radius 2 is 2.20 bits per heavy atom. The molecule has 0 fully saturated rings. The van der Waals surface area contributed by atoms with Crippen LogP contribution in [0.3, 0.4) is 0 Å². The maximum atomic E-state index is 8.44. The molecule has 0 rings (SSSR count). The van der Waals surface area contributed by atoms with Crippen molar-refractivity contribution in [1.29, 1.82) is 5.26 Å². The zero-order valence-electron chi connectivity index (χ0n) is 6.38. The fraction of sp³-hybridized carbons (Fsp3) is 0.857. The Morgan fingerprint density at radius 1 is 1.60 bits per heavy atom. The zero-order valence-corrected chi connectivity index (χ0v) is 6.38. The van der Waals surface area contributed by atoms with E-state index in [4.69, 9.17) is 16.7 Å². The Bertz CT molecular complexity index is 117. The van der Waals surface area contributed by atoms with Gasteiger partial charge in [-0.3, -0.25) is 0 Å². The summed E-state index contributed by atoms with van der Waals surface area (Å²) in [4.78, 5) is 0. The Labute approximate surface area is 62.0 Å². The highest BCUT2D eigenvalue weighted by Crippen LogP contribution is 2.03. The molecule has 0 bridgehead atoms. The molecule has 10 heavy (non-hydrogen) atoms. The predicted octanol–water partition coefficient (Wildman–Crippen LogP) is 0.212. The Morgan fingerprint density at radius 3 is 2.60 bits per heavy atom. The SMILES string of the molecule is CC(C#N)C(N)CCCN. The van der Waals surface area contributed by atoms with Crippen molar-refractivity contribution in [3.05, 3.63) is 0 Å². The molecule has 0 heterocycles. The molecule has 4 N–H and O–H groups in total. The average Bonchev–Trinajstić information content (AvgIpc) is 1.98. The molecular formula is C7H15N3. The third-order valence-corrected chi connectivity index (χ3v) is 1.59. The summed E-state index contributed by atoms with van der Waals surface area (Å²) in [6.07, 6.45) is 1.76. The quantitative estimate of drug-likeness (QED) is 0.587. The monoisotopic (exact) mass is 141 g/mol. The van der Waals surface area contributed by atoms with Gasteiger partial charge in [0.2, 0.25) is 0 Å². The molecule has 0 aromatic rings. The summed E-state index contributed by atoms with van der Waals surface area (Å²) in [6.45, 7) is 2.49. The molecule has 0 aliphatic rings. The van der Waals surface area contributed by atoms with E-state index in [1.165, 1.54) is 0 Å². The summed E-state index contributed by atoms with van der Waals surface area (Å²) in [7, 11) is 0. The van der Waals surface area contributed by atoms with Gasteiger partial charge in [-0.2, -0.15) is 5.26 Å². The molecule has 0 aromatic heterocycles. The summed E-state index contributed by atoms with van der Waals surface area (Å²) in [5, 5.41) is 8.44. The summed E-state index contributed by atoms with van der Waals surface area (Å²) in [6, 6.07) is 2.10.